The second-order valence-electron chi connectivity index (χ2n) is 11.1. The summed E-state index contributed by atoms with van der Waals surface area (Å²) in [5, 5.41) is 21.7. The van der Waals surface area contributed by atoms with Crippen LogP contribution >= 0.6 is 0 Å². The van der Waals surface area contributed by atoms with Crippen LogP contribution in [0.3, 0.4) is 0 Å². The summed E-state index contributed by atoms with van der Waals surface area (Å²) in [6.07, 6.45) is 4.65. The van der Waals surface area contributed by atoms with Gasteiger partial charge in [0.2, 0.25) is 0 Å². The van der Waals surface area contributed by atoms with Crippen LogP contribution in [0.4, 0.5) is 0 Å². The molecule has 196 valence electrons. The Morgan fingerprint density at radius 3 is 2.40 bits per heavy atom. The van der Waals surface area contributed by atoms with Gasteiger partial charge in [-0.2, -0.15) is 0 Å². The Balaban J connectivity index is 2.38. The first-order valence-electron chi connectivity index (χ1n) is 12.6. The van der Waals surface area contributed by atoms with Gasteiger partial charge in [0.1, 0.15) is 23.8 Å². The maximum absolute atomic E-state index is 13.2. The van der Waals surface area contributed by atoms with Gasteiger partial charge in [0.15, 0.2) is 5.89 Å². The van der Waals surface area contributed by atoms with Crippen LogP contribution in [0.2, 0.25) is 0 Å². The van der Waals surface area contributed by atoms with Crippen LogP contribution in [0.1, 0.15) is 85.7 Å². The number of hydrogen-bond donors (Lipinski definition) is 2. The van der Waals surface area contributed by atoms with Crippen molar-refractivity contribution < 1.29 is 29.0 Å². The van der Waals surface area contributed by atoms with Gasteiger partial charge in [0.25, 0.3) is 0 Å². The van der Waals surface area contributed by atoms with Gasteiger partial charge >= 0.3 is 5.97 Å². The van der Waals surface area contributed by atoms with Crippen molar-refractivity contribution in [3.05, 3.63) is 35.1 Å². The Kier molecular flexibility index (Phi) is 10.0. The standard InChI is InChI=1S/C28H43NO6/c1-16-9-10-23(18(3)13-22-15-34-21(6)29-22)35-25(31)14-24(30)28(7,8)27(33)20(5)26(32)19(4)12-17(2)11-16/h9,13,15,17,19-20,23-24,26,30,32H,10-12,14H2,1-8H3/b16-9-,18-13+/t17?,19-,20+,23-,24-,26-/m0/s1. The highest BCUT2D eigenvalue weighted by Gasteiger charge is 2.42. The van der Waals surface area contributed by atoms with Crippen LogP contribution in [-0.4, -0.2) is 45.3 Å². The molecule has 7 heteroatoms. The Bertz CT molecular complexity index is 943. The van der Waals surface area contributed by atoms with E-state index in [-0.39, 0.29) is 18.1 Å². The highest BCUT2D eigenvalue weighted by molar-refractivity contribution is 5.88. The molecule has 2 N–H and O–H groups in total. The summed E-state index contributed by atoms with van der Waals surface area (Å²) < 4.78 is 11.1. The number of hydrogen-bond acceptors (Lipinski definition) is 7. The van der Waals surface area contributed by atoms with Crippen molar-refractivity contribution in [1.29, 1.82) is 0 Å². The number of allylic oxidation sites excluding steroid dienone is 1. The zero-order chi connectivity index (χ0) is 26.5. The molecular formula is C28H43NO6. The molecule has 1 aliphatic heterocycles. The minimum atomic E-state index is -1.24. The topological polar surface area (TPSA) is 110 Å². The lowest BCUT2D eigenvalue weighted by molar-refractivity contribution is -0.154. The van der Waals surface area contributed by atoms with Crippen molar-refractivity contribution in [3.63, 3.8) is 0 Å². The normalized spacial score (nSPS) is 33.7. The van der Waals surface area contributed by atoms with Crippen LogP contribution < -0.4 is 0 Å². The van der Waals surface area contributed by atoms with Crippen LogP contribution in [0.5, 0.6) is 0 Å². The zero-order valence-corrected chi connectivity index (χ0v) is 22.5. The summed E-state index contributed by atoms with van der Waals surface area (Å²) in [7, 11) is 0. The number of nitrogens with zero attached hydrogens (tertiary/aromatic N) is 1. The van der Waals surface area contributed by atoms with Gasteiger partial charge in [0.05, 0.1) is 24.0 Å². The molecule has 0 saturated carbocycles. The molecule has 0 saturated heterocycles. The van der Waals surface area contributed by atoms with Gasteiger partial charge in [0, 0.05) is 19.3 Å². The Labute approximate surface area is 209 Å². The van der Waals surface area contributed by atoms with Crippen molar-refractivity contribution in [2.45, 2.75) is 99.4 Å². The molecule has 0 aromatic carbocycles. The molecule has 1 unspecified atom stereocenters. The summed E-state index contributed by atoms with van der Waals surface area (Å²) >= 11 is 0. The van der Waals surface area contributed by atoms with Crippen LogP contribution in [-0.2, 0) is 14.3 Å². The van der Waals surface area contributed by atoms with Crippen LogP contribution in [0.15, 0.2) is 27.9 Å². The molecular weight excluding hydrogens is 446 g/mol. The van der Waals surface area contributed by atoms with Gasteiger partial charge < -0.3 is 19.4 Å². The number of ether oxygens (including phenoxy) is 1. The highest BCUT2D eigenvalue weighted by atomic mass is 16.5. The molecule has 0 aliphatic carbocycles. The number of Topliss-reactive ketones (excluding diaryl/α,β-unsaturated/α-hetero) is 1. The molecule has 0 amide bonds. The number of ketones is 1. The molecule has 2 heterocycles. The third-order valence-corrected chi connectivity index (χ3v) is 7.26. The van der Waals surface area contributed by atoms with E-state index in [1.165, 1.54) is 5.57 Å². The summed E-state index contributed by atoms with van der Waals surface area (Å²) in [4.78, 5) is 30.4. The summed E-state index contributed by atoms with van der Waals surface area (Å²) in [5.74, 6) is -0.729. The van der Waals surface area contributed by atoms with Crippen molar-refractivity contribution >= 4 is 17.8 Å². The lowest BCUT2D eigenvalue weighted by atomic mass is 9.72. The predicted molar refractivity (Wildman–Crippen MR) is 135 cm³/mol. The van der Waals surface area contributed by atoms with E-state index in [0.717, 1.165) is 18.4 Å². The smallest absolute Gasteiger partial charge is 0.309 e. The van der Waals surface area contributed by atoms with E-state index in [0.29, 0.717) is 23.9 Å². The van der Waals surface area contributed by atoms with E-state index >= 15 is 0 Å². The molecule has 1 aromatic heterocycles. The second-order valence-corrected chi connectivity index (χ2v) is 11.1. The van der Waals surface area contributed by atoms with E-state index in [1.54, 1.807) is 34.0 Å². The fraction of sp³-hybridized carbons (Fsp3) is 0.679. The molecule has 6 atom stereocenters. The second kappa shape index (κ2) is 12.1. The highest BCUT2D eigenvalue weighted by Crippen LogP contribution is 2.33. The van der Waals surface area contributed by atoms with Crippen molar-refractivity contribution in [2.24, 2.45) is 23.2 Å². The fourth-order valence-electron chi connectivity index (χ4n) is 4.92. The Hall–Kier alpha value is -2.25. The molecule has 35 heavy (non-hydrogen) atoms. The first-order chi connectivity index (χ1) is 16.2. The number of rotatable bonds is 2. The minimum Gasteiger partial charge on any atom is -0.457 e. The lowest BCUT2D eigenvalue weighted by Crippen LogP contribution is -2.45. The lowest BCUT2D eigenvalue weighted by Gasteiger charge is -2.35. The average Bonchev–Trinajstić information content (AvgIpc) is 3.18. The molecule has 1 aliphatic rings. The number of cyclic esters (lactones) is 1. The van der Waals surface area contributed by atoms with Gasteiger partial charge in [-0.3, -0.25) is 9.59 Å². The summed E-state index contributed by atoms with van der Waals surface area (Å²) in [6, 6.07) is 0. The van der Waals surface area contributed by atoms with Gasteiger partial charge in [-0.1, -0.05) is 46.3 Å². The molecule has 2 rings (SSSR count). The van der Waals surface area contributed by atoms with Crippen molar-refractivity contribution in [3.8, 4) is 0 Å². The number of carbonyl (C=O) groups excluding carboxylic acids is 2. The van der Waals surface area contributed by atoms with Gasteiger partial charge in [-0.05, 0) is 50.2 Å². The first kappa shape index (κ1) is 29.0. The monoisotopic (exact) mass is 489 g/mol. The molecule has 7 nitrogen and oxygen atoms in total. The van der Waals surface area contributed by atoms with Crippen LogP contribution in [0, 0.1) is 30.1 Å². The Morgan fingerprint density at radius 1 is 1.14 bits per heavy atom. The van der Waals surface area contributed by atoms with E-state index < -0.39 is 35.6 Å². The molecule has 0 bridgehead atoms. The number of aliphatic hydroxyl groups excluding tert-OH is 2. The van der Waals surface area contributed by atoms with E-state index in [9.17, 15) is 19.8 Å². The number of aliphatic hydroxyl groups is 2. The quantitative estimate of drug-likeness (QED) is 0.442. The maximum Gasteiger partial charge on any atom is 0.309 e. The average molecular weight is 490 g/mol. The third kappa shape index (κ3) is 7.87. The third-order valence-electron chi connectivity index (χ3n) is 7.26. The summed E-state index contributed by atoms with van der Waals surface area (Å²) in [6.45, 7) is 14.7. The number of carbonyl (C=O) groups is 2. The van der Waals surface area contributed by atoms with E-state index in [2.05, 4.69) is 24.9 Å². The maximum atomic E-state index is 13.2. The van der Waals surface area contributed by atoms with Gasteiger partial charge in [-0.15, -0.1) is 0 Å². The molecule has 0 radical (unpaired) electrons. The number of aromatic nitrogens is 1. The Morgan fingerprint density at radius 2 is 1.80 bits per heavy atom. The SMILES string of the molecule is C/C1=C/C[C@@H](/C(C)=C/c2coc(C)n2)OC(=O)C[C@H](O)C(C)(C)C(=O)[C@H](C)[C@@H](O)[C@@H](C)CC(C)C1. The van der Waals surface area contributed by atoms with E-state index in [4.69, 9.17) is 9.15 Å². The largest absolute Gasteiger partial charge is 0.457 e. The van der Waals surface area contributed by atoms with E-state index in [1.807, 2.05) is 19.9 Å². The predicted octanol–water partition coefficient (Wildman–Crippen LogP) is 5.04. The molecule has 0 fully saturated rings. The van der Waals surface area contributed by atoms with Gasteiger partial charge in [-0.25, -0.2) is 4.98 Å². The number of esters is 1. The van der Waals surface area contributed by atoms with Crippen molar-refractivity contribution in [1.82, 2.24) is 4.98 Å². The number of oxazole rings is 1. The van der Waals surface area contributed by atoms with Crippen LogP contribution in [0.25, 0.3) is 6.08 Å². The minimum absolute atomic E-state index is 0.0774. The summed E-state index contributed by atoms with van der Waals surface area (Å²) in [5.41, 5.74) is 1.41. The molecule has 1 aromatic rings. The first-order valence-corrected chi connectivity index (χ1v) is 12.6. The fourth-order valence-corrected chi connectivity index (χ4v) is 4.92. The molecule has 0 spiro atoms. The number of aryl methyl sites for hydroxylation is 1. The van der Waals surface area contributed by atoms with Crippen molar-refractivity contribution in [2.75, 3.05) is 0 Å². The zero-order valence-electron chi connectivity index (χ0n) is 22.5.